The molecule has 2 aromatic rings. The van der Waals surface area contributed by atoms with E-state index in [9.17, 15) is 13.2 Å². The van der Waals surface area contributed by atoms with Crippen molar-refractivity contribution in [2.24, 2.45) is 5.92 Å². The molecule has 9 heteroatoms. The molecule has 128 valence electrons. The second-order valence-corrected chi connectivity index (χ2v) is 8.24. The molecule has 8 nitrogen and oxygen atoms in total. The quantitative estimate of drug-likeness (QED) is 0.847. The van der Waals surface area contributed by atoms with Gasteiger partial charge in [0.2, 0.25) is 0 Å². The summed E-state index contributed by atoms with van der Waals surface area (Å²) in [5.74, 6) is 0.582. The maximum Gasteiger partial charge on any atom is 0.325 e. The van der Waals surface area contributed by atoms with E-state index in [2.05, 4.69) is 15.1 Å². The molecule has 0 atom stereocenters. The van der Waals surface area contributed by atoms with Crippen LogP contribution in [0, 0.1) is 5.92 Å². The number of carboxylic acid groups (broad SMARTS) is 1. The lowest BCUT2D eigenvalue weighted by molar-refractivity contribution is -0.137. The number of pyridine rings is 1. The SMILES string of the molecule is O=C(O)Cn1nc(-c2ccncc2)nc1CC1CCS(=O)(=O)CC1. The van der Waals surface area contributed by atoms with Crippen LogP contribution in [0.3, 0.4) is 0 Å². The monoisotopic (exact) mass is 350 g/mol. The first kappa shape index (κ1) is 16.6. The second kappa shape index (κ2) is 6.68. The molecule has 1 fully saturated rings. The van der Waals surface area contributed by atoms with E-state index in [1.54, 1.807) is 24.5 Å². The third kappa shape index (κ3) is 3.97. The zero-order chi connectivity index (χ0) is 17.2. The molecule has 0 radical (unpaired) electrons. The van der Waals surface area contributed by atoms with Crippen LogP contribution in [-0.4, -0.2) is 50.7 Å². The van der Waals surface area contributed by atoms with Gasteiger partial charge in [0.05, 0.1) is 11.5 Å². The molecule has 2 aromatic heterocycles. The predicted molar refractivity (Wildman–Crippen MR) is 86.0 cm³/mol. The van der Waals surface area contributed by atoms with Crippen LogP contribution in [0.1, 0.15) is 18.7 Å². The van der Waals surface area contributed by atoms with Crippen LogP contribution in [-0.2, 0) is 27.6 Å². The fraction of sp³-hybridized carbons (Fsp3) is 0.467. The van der Waals surface area contributed by atoms with Crippen LogP contribution in [0.25, 0.3) is 11.4 Å². The van der Waals surface area contributed by atoms with Gasteiger partial charge in [-0.1, -0.05) is 0 Å². The summed E-state index contributed by atoms with van der Waals surface area (Å²) in [7, 11) is -2.92. The lowest BCUT2D eigenvalue weighted by Gasteiger charge is -2.21. The third-order valence-electron chi connectivity index (χ3n) is 4.12. The lowest BCUT2D eigenvalue weighted by atomic mass is 9.98. The number of hydrogen-bond donors (Lipinski definition) is 1. The molecule has 0 aliphatic carbocycles. The van der Waals surface area contributed by atoms with E-state index in [-0.39, 0.29) is 24.0 Å². The fourth-order valence-electron chi connectivity index (χ4n) is 2.80. The maximum absolute atomic E-state index is 11.5. The topological polar surface area (TPSA) is 115 Å². The summed E-state index contributed by atoms with van der Waals surface area (Å²) >= 11 is 0. The van der Waals surface area contributed by atoms with Crippen LogP contribution in [0.15, 0.2) is 24.5 Å². The fourth-order valence-corrected chi connectivity index (χ4v) is 4.39. The summed E-state index contributed by atoms with van der Waals surface area (Å²) in [6.07, 6.45) is 4.93. The smallest absolute Gasteiger partial charge is 0.325 e. The first-order valence-electron chi connectivity index (χ1n) is 7.69. The highest BCUT2D eigenvalue weighted by atomic mass is 32.2. The van der Waals surface area contributed by atoms with Crippen molar-refractivity contribution < 1.29 is 18.3 Å². The Hall–Kier alpha value is -2.29. The summed E-state index contributed by atoms with van der Waals surface area (Å²) in [6.45, 7) is -0.265. The van der Waals surface area contributed by atoms with Crippen LogP contribution < -0.4 is 0 Å². The summed E-state index contributed by atoms with van der Waals surface area (Å²) in [5, 5.41) is 13.4. The van der Waals surface area contributed by atoms with Crippen molar-refractivity contribution in [3.8, 4) is 11.4 Å². The normalized spacial score (nSPS) is 17.7. The average Bonchev–Trinajstić information content (AvgIpc) is 2.92. The molecule has 0 unspecified atom stereocenters. The summed E-state index contributed by atoms with van der Waals surface area (Å²) in [6, 6.07) is 3.52. The van der Waals surface area contributed by atoms with E-state index < -0.39 is 15.8 Å². The van der Waals surface area contributed by atoms with Gasteiger partial charge in [-0.05, 0) is 30.9 Å². The Labute approximate surface area is 139 Å². The molecule has 1 N–H and O–H groups in total. The minimum absolute atomic E-state index is 0.176. The number of rotatable bonds is 5. The molecule has 1 saturated heterocycles. The first-order valence-corrected chi connectivity index (χ1v) is 9.51. The zero-order valence-electron chi connectivity index (χ0n) is 13.0. The Balaban J connectivity index is 1.83. The lowest BCUT2D eigenvalue weighted by Crippen LogP contribution is -2.25. The standard InChI is InChI=1S/C15H18N4O4S/c20-14(21)10-19-13(9-11-3-7-24(22,23)8-4-11)17-15(18-19)12-1-5-16-6-2-12/h1-2,5-6,11H,3-4,7-10H2,(H,20,21). The number of hydrogen-bond acceptors (Lipinski definition) is 6. The Morgan fingerprint density at radius 3 is 2.54 bits per heavy atom. The Morgan fingerprint density at radius 1 is 1.25 bits per heavy atom. The number of aromatic nitrogens is 4. The van der Waals surface area contributed by atoms with Gasteiger partial charge in [-0.3, -0.25) is 9.78 Å². The van der Waals surface area contributed by atoms with Crippen molar-refractivity contribution in [3.63, 3.8) is 0 Å². The summed E-state index contributed by atoms with van der Waals surface area (Å²) in [5.41, 5.74) is 0.765. The van der Waals surface area contributed by atoms with Gasteiger partial charge in [-0.15, -0.1) is 0 Å². The van der Waals surface area contributed by atoms with Crippen molar-refractivity contribution in [2.45, 2.75) is 25.8 Å². The van der Waals surface area contributed by atoms with E-state index in [1.165, 1.54) is 4.68 Å². The van der Waals surface area contributed by atoms with Crippen molar-refractivity contribution in [1.29, 1.82) is 0 Å². The van der Waals surface area contributed by atoms with E-state index in [0.29, 0.717) is 30.9 Å². The number of aliphatic carboxylic acids is 1. The summed E-state index contributed by atoms with van der Waals surface area (Å²) in [4.78, 5) is 19.5. The van der Waals surface area contributed by atoms with Gasteiger partial charge >= 0.3 is 5.97 Å². The van der Waals surface area contributed by atoms with Crippen molar-refractivity contribution in [2.75, 3.05) is 11.5 Å². The van der Waals surface area contributed by atoms with Gasteiger partial charge in [0.1, 0.15) is 22.2 Å². The van der Waals surface area contributed by atoms with E-state index >= 15 is 0 Å². The van der Waals surface area contributed by atoms with Crippen LogP contribution in [0.5, 0.6) is 0 Å². The van der Waals surface area contributed by atoms with E-state index in [0.717, 1.165) is 5.56 Å². The molecule has 1 aliphatic heterocycles. The molecule has 3 heterocycles. The maximum atomic E-state index is 11.5. The van der Waals surface area contributed by atoms with Gasteiger partial charge in [0.15, 0.2) is 5.82 Å². The van der Waals surface area contributed by atoms with Crippen LogP contribution in [0.4, 0.5) is 0 Å². The van der Waals surface area contributed by atoms with Gasteiger partial charge in [-0.2, -0.15) is 5.10 Å². The third-order valence-corrected chi connectivity index (χ3v) is 5.83. The van der Waals surface area contributed by atoms with Gasteiger partial charge < -0.3 is 5.11 Å². The Kier molecular flexibility index (Phi) is 4.61. The van der Waals surface area contributed by atoms with E-state index in [1.807, 2.05) is 0 Å². The number of nitrogens with zero attached hydrogens (tertiary/aromatic N) is 4. The molecule has 0 aromatic carbocycles. The largest absolute Gasteiger partial charge is 0.480 e. The van der Waals surface area contributed by atoms with Crippen LogP contribution in [0.2, 0.25) is 0 Å². The highest BCUT2D eigenvalue weighted by Gasteiger charge is 2.26. The molecule has 24 heavy (non-hydrogen) atoms. The predicted octanol–water partition coefficient (Wildman–Crippen LogP) is 0.792. The van der Waals surface area contributed by atoms with Crippen molar-refractivity contribution in [3.05, 3.63) is 30.4 Å². The van der Waals surface area contributed by atoms with Gasteiger partial charge in [0, 0.05) is 24.4 Å². The number of carboxylic acids is 1. The molecular weight excluding hydrogens is 332 g/mol. The molecule has 0 amide bonds. The Bertz CT molecular complexity index is 818. The number of carbonyl (C=O) groups is 1. The highest BCUT2D eigenvalue weighted by Crippen LogP contribution is 2.24. The van der Waals surface area contributed by atoms with Crippen molar-refractivity contribution in [1.82, 2.24) is 19.7 Å². The van der Waals surface area contributed by atoms with E-state index in [4.69, 9.17) is 5.11 Å². The van der Waals surface area contributed by atoms with Gasteiger partial charge in [-0.25, -0.2) is 18.1 Å². The first-order chi connectivity index (χ1) is 11.4. The molecule has 1 aliphatic rings. The minimum atomic E-state index is -2.92. The summed E-state index contributed by atoms with van der Waals surface area (Å²) < 4.78 is 24.5. The molecule has 0 saturated carbocycles. The Morgan fingerprint density at radius 2 is 1.92 bits per heavy atom. The molecule has 3 rings (SSSR count). The van der Waals surface area contributed by atoms with Crippen LogP contribution >= 0.6 is 0 Å². The van der Waals surface area contributed by atoms with Gasteiger partial charge in [0.25, 0.3) is 0 Å². The highest BCUT2D eigenvalue weighted by molar-refractivity contribution is 7.91. The molecule has 0 bridgehead atoms. The zero-order valence-corrected chi connectivity index (χ0v) is 13.8. The number of sulfone groups is 1. The molecular formula is C15H18N4O4S. The minimum Gasteiger partial charge on any atom is -0.480 e. The average molecular weight is 350 g/mol. The molecule has 0 spiro atoms. The van der Waals surface area contributed by atoms with Crippen molar-refractivity contribution >= 4 is 15.8 Å². The second-order valence-electron chi connectivity index (χ2n) is 5.94.